The summed E-state index contributed by atoms with van der Waals surface area (Å²) < 4.78 is 19.1. The fourth-order valence-electron chi connectivity index (χ4n) is 2.42. The molecule has 1 aliphatic rings. The Morgan fingerprint density at radius 1 is 1.50 bits per heavy atom. The molecule has 1 N–H and O–H groups in total. The number of hydrogen-bond acceptors (Lipinski definition) is 3. The van der Waals surface area contributed by atoms with Gasteiger partial charge in [0.1, 0.15) is 0 Å². The summed E-state index contributed by atoms with van der Waals surface area (Å²) in [5.41, 5.74) is 0.888. The Labute approximate surface area is 117 Å². The quantitative estimate of drug-likeness (QED) is 0.842. The third-order valence-electron chi connectivity index (χ3n) is 3.48. The molecule has 1 aromatic rings. The standard InChI is InChI=1S/C15H18FNO3/c1-3-20-15(19)17-12-7-6-10-11(14(12)16)5-4-9(2)8-13(10)18/h6-7,9H,3-5,8H2,1-2H3,(H,17,19)/t9-/m0/s1. The number of carbonyl (C=O) groups excluding carboxylic acids is 2. The van der Waals surface area contributed by atoms with Gasteiger partial charge in [0.05, 0.1) is 12.3 Å². The number of rotatable bonds is 2. The van der Waals surface area contributed by atoms with Gasteiger partial charge in [0.15, 0.2) is 11.6 Å². The van der Waals surface area contributed by atoms with E-state index in [-0.39, 0.29) is 24.0 Å². The summed E-state index contributed by atoms with van der Waals surface area (Å²) in [7, 11) is 0. The Morgan fingerprint density at radius 3 is 2.95 bits per heavy atom. The van der Waals surface area contributed by atoms with Crippen LogP contribution < -0.4 is 5.32 Å². The number of nitrogens with one attached hydrogen (secondary N) is 1. The molecule has 108 valence electrons. The summed E-state index contributed by atoms with van der Waals surface area (Å²) in [4.78, 5) is 23.4. The number of Topliss-reactive ketones (excluding diaryl/α,β-unsaturated/α-hetero) is 1. The average Bonchev–Trinajstić information content (AvgIpc) is 2.53. The van der Waals surface area contributed by atoms with Crippen LogP contribution in [-0.2, 0) is 11.2 Å². The van der Waals surface area contributed by atoms with Gasteiger partial charge in [-0.1, -0.05) is 6.92 Å². The van der Waals surface area contributed by atoms with Crippen molar-refractivity contribution >= 4 is 17.6 Å². The Morgan fingerprint density at radius 2 is 2.25 bits per heavy atom. The van der Waals surface area contributed by atoms with Gasteiger partial charge in [0.2, 0.25) is 0 Å². The molecule has 0 spiro atoms. The summed E-state index contributed by atoms with van der Waals surface area (Å²) in [6.45, 7) is 3.88. The molecule has 1 aliphatic carbocycles. The predicted octanol–water partition coefficient (Wildman–Crippen LogP) is 3.55. The fourth-order valence-corrected chi connectivity index (χ4v) is 2.42. The molecule has 0 saturated carbocycles. The zero-order valence-electron chi connectivity index (χ0n) is 11.7. The van der Waals surface area contributed by atoms with Crippen molar-refractivity contribution in [3.05, 3.63) is 29.1 Å². The number of hydrogen-bond donors (Lipinski definition) is 1. The normalized spacial score (nSPS) is 18.1. The molecule has 20 heavy (non-hydrogen) atoms. The van der Waals surface area contributed by atoms with Crippen LogP contribution in [0.25, 0.3) is 0 Å². The lowest BCUT2D eigenvalue weighted by atomic mass is 10.0. The van der Waals surface area contributed by atoms with Gasteiger partial charge in [-0.3, -0.25) is 10.1 Å². The van der Waals surface area contributed by atoms with E-state index in [1.54, 1.807) is 13.0 Å². The van der Waals surface area contributed by atoms with Gasteiger partial charge in [0, 0.05) is 17.5 Å². The summed E-state index contributed by atoms with van der Waals surface area (Å²) in [5.74, 6) is -0.319. The van der Waals surface area contributed by atoms with E-state index in [0.717, 1.165) is 6.42 Å². The van der Waals surface area contributed by atoms with E-state index in [1.807, 2.05) is 6.92 Å². The molecule has 1 amide bonds. The molecule has 2 rings (SSSR count). The van der Waals surface area contributed by atoms with Crippen molar-refractivity contribution in [2.24, 2.45) is 5.92 Å². The van der Waals surface area contributed by atoms with Crippen molar-refractivity contribution in [2.75, 3.05) is 11.9 Å². The van der Waals surface area contributed by atoms with E-state index in [9.17, 15) is 14.0 Å². The highest BCUT2D eigenvalue weighted by atomic mass is 19.1. The van der Waals surface area contributed by atoms with E-state index < -0.39 is 11.9 Å². The molecule has 0 aliphatic heterocycles. The van der Waals surface area contributed by atoms with Crippen molar-refractivity contribution in [1.82, 2.24) is 0 Å². The van der Waals surface area contributed by atoms with Crippen LogP contribution >= 0.6 is 0 Å². The van der Waals surface area contributed by atoms with Gasteiger partial charge in [-0.25, -0.2) is 9.18 Å². The largest absolute Gasteiger partial charge is 0.450 e. The Hall–Kier alpha value is -1.91. The second kappa shape index (κ2) is 6.03. The second-order valence-corrected chi connectivity index (χ2v) is 5.07. The van der Waals surface area contributed by atoms with Crippen LogP contribution in [0.4, 0.5) is 14.9 Å². The molecule has 1 atom stereocenters. The van der Waals surface area contributed by atoms with Gasteiger partial charge in [-0.15, -0.1) is 0 Å². The number of amides is 1. The summed E-state index contributed by atoms with van der Waals surface area (Å²) in [6.07, 6.45) is 1.02. The number of carbonyl (C=O) groups is 2. The van der Waals surface area contributed by atoms with Crippen LogP contribution in [0.1, 0.15) is 42.6 Å². The molecule has 0 radical (unpaired) electrons. The lowest BCUT2D eigenvalue weighted by Gasteiger charge is -2.11. The van der Waals surface area contributed by atoms with Crippen LogP contribution in [0.3, 0.4) is 0 Å². The third kappa shape index (κ3) is 2.98. The summed E-state index contributed by atoms with van der Waals surface area (Å²) in [6, 6.07) is 3.00. The van der Waals surface area contributed by atoms with Crippen LogP contribution in [0.5, 0.6) is 0 Å². The van der Waals surface area contributed by atoms with Crippen LogP contribution in [-0.4, -0.2) is 18.5 Å². The number of anilines is 1. The Balaban J connectivity index is 2.31. The van der Waals surface area contributed by atoms with Crippen molar-refractivity contribution in [1.29, 1.82) is 0 Å². The minimum Gasteiger partial charge on any atom is -0.450 e. The van der Waals surface area contributed by atoms with Gasteiger partial charge < -0.3 is 4.74 Å². The first-order valence-corrected chi connectivity index (χ1v) is 6.81. The second-order valence-electron chi connectivity index (χ2n) is 5.07. The number of ketones is 1. The van der Waals surface area contributed by atoms with Crippen molar-refractivity contribution in [3.8, 4) is 0 Å². The average molecular weight is 279 g/mol. The maximum Gasteiger partial charge on any atom is 0.411 e. The van der Waals surface area contributed by atoms with E-state index in [0.29, 0.717) is 24.0 Å². The lowest BCUT2D eigenvalue weighted by Crippen LogP contribution is -2.15. The van der Waals surface area contributed by atoms with Crippen molar-refractivity contribution < 1.29 is 18.7 Å². The molecule has 0 bridgehead atoms. The monoisotopic (exact) mass is 279 g/mol. The number of benzene rings is 1. The lowest BCUT2D eigenvalue weighted by molar-refractivity contribution is 0.0967. The minimum atomic E-state index is -0.695. The van der Waals surface area contributed by atoms with Gasteiger partial charge in [0.25, 0.3) is 0 Å². The highest BCUT2D eigenvalue weighted by Gasteiger charge is 2.24. The van der Waals surface area contributed by atoms with E-state index in [4.69, 9.17) is 4.74 Å². The topological polar surface area (TPSA) is 55.4 Å². The molecule has 0 aromatic heterocycles. The first-order chi connectivity index (χ1) is 9.52. The highest BCUT2D eigenvalue weighted by Crippen LogP contribution is 2.29. The zero-order chi connectivity index (χ0) is 14.7. The van der Waals surface area contributed by atoms with Gasteiger partial charge in [-0.05, 0) is 37.8 Å². The molecule has 0 fully saturated rings. The molecule has 0 heterocycles. The maximum absolute atomic E-state index is 14.4. The summed E-state index contributed by atoms with van der Waals surface area (Å²) in [5, 5.41) is 2.36. The highest BCUT2D eigenvalue weighted by molar-refractivity contribution is 5.99. The fraction of sp³-hybridized carbons (Fsp3) is 0.467. The number of ether oxygens (including phenoxy) is 1. The molecule has 0 unspecified atom stereocenters. The Bertz CT molecular complexity index is 542. The number of halogens is 1. The number of fused-ring (bicyclic) bond motifs is 1. The zero-order valence-corrected chi connectivity index (χ0v) is 11.7. The molecule has 1 aromatic carbocycles. The first-order valence-electron chi connectivity index (χ1n) is 6.81. The predicted molar refractivity (Wildman–Crippen MR) is 73.5 cm³/mol. The molecule has 4 nitrogen and oxygen atoms in total. The van der Waals surface area contributed by atoms with Crippen LogP contribution in [0.15, 0.2) is 12.1 Å². The van der Waals surface area contributed by atoms with Crippen LogP contribution in [0.2, 0.25) is 0 Å². The summed E-state index contributed by atoms with van der Waals surface area (Å²) >= 11 is 0. The third-order valence-corrected chi connectivity index (χ3v) is 3.48. The van der Waals surface area contributed by atoms with Crippen LogP contribution in [0, 0.1) is 11.7 Å². The van der Waals surface area contributed by atoms with Gasteiger partial charge >= 0.3 is 6.09 Å². The Kier molecular flexibility index (Phi) is 4.37. The molecule has 5 heteroatoms. The van der Waals surface area contributed by atoms with E-state index in [1.165, 1.54) is 6.07 Å². The SMILES string of the molecule is CCOC(=O)Nc1ccc2c(c1F)CC[C@H](C)CC2=O. The van der Waals surface area contributed by atoms with E-state index in [2.05, 4.69) is 5.32 Å². The van der Waals surface area contributed by atoms with Crippen molar-refractivity contribution in [2.45, 2.75) is 33.1 Å². The minimum absolute atomic E-state index is 0.0356. The molecule has 0 saturated heterocycles. The van der Waals surface area contributed by atoms with Crippen molar-refractivity contribution in [3.63, 3.8) is 0 Å². The smallest absolute Gasteiger partial charge is 0.411 e. The maximum atomic E-state index is 14.4. The van der Waals surface area contributed by atoms with E-state index >= 15 is 0 Å². The molecular weight excluding hydrogens is 261 g/mol. The van der Waals surface area contributed by atoms with Gasteiger partial charge in [-0.2, -0.15) is 0 Å². The molecular formula is C15H18FNO3. The first kappa shape index (κ1) is 14.5.